The molecule has 1 aromatic rings. The fourth-order valence-corrected chi connectivity index (χ4v) is 3.69. The molecular weight excluding hydrogens is 244 g/mol. The van der Waals surface area contributed by atoms with Gasteiger partial charge in [-0.1, -0.05) is 6.42 Å². The van der Waals surface area contributed by atoms with Crippen LogP contribution in [0.4, 0.5) is 0 Å². The quantitative estimate of drug-likeness (QED) is 0.819. The summed E-state index contributed by atoms with van der Waals surface area (Å²) in [5.74, 6) is 0.206. The lowest BCUT2D eigenvalue weighted by atomic mass is 9.97. The van der Waals surface area contributed by atoms with Crippen LogP contribution in [0.25, 0.3) is 0 Å². The van der Waals surface area contributed by atoms with Crippen molar-refractivity contribution in [3.05, 3.63) is 22.4 Å². The molecule has 0 spiro atoms. The second-order valence-electron chi connectivity index (χ2n) is 5.46. The highest BCUT2D eigenvalue weighted by molar-refractivity contribution is 7.08. The lowest BCUT2D eigenvalue weighted by Gasteiger charge is -2.49. The zero-order chi connectivity index (χ0) is 12.5. The number of amides is 1. The van der Waals surface area contributed by atoms with E-state index in [0.29, 0.717) is 12.1 Å². The fourth-order valence-electron chi connectivity index (χ4n) is 3.06. The van der Waals surface area contributed by atoms with Crippen LogP contribution in [0.1, 0.15) is 36.5 Å². The third kappa shape index (κ3) is 2.19. The first-order valence-corrected chi connectivity index (χ1v) is 7.77. The highest BCUT2D eigenvalue weighted by atomic mass is 32.1. The fraction of sp³-hybridized carbons (Fsp3) is 0.643. The molecule has 18 heavy (non-hydrogen) atoms. The summed E-state index contributed by atoms with van der Waals surface area (Å²) in [5.41, 5.74) is 0.852. The molecule has 0 unspecified atom stereocenters. The first kappa shape index (κ1) is 12.2. The number of nitrogens with zero attached hydrogens (tertiary/aromatic N) is 2. The van der Waals surface area contributed by atoms with Crippen LogP contribution in [-0.2, 0) is 0 Å². The summed E-state index contributed by atoms with van der Waals surface area (Å²) in [4.78, 5) is 16.7. The maximum atomic E-state index is 12.1. The van der Waals surface area contributed by atoms with E-state index in [0.717, 1.165) is 18.7 Å². The Labute approximate surface area is 112 Å². The van der Waals surface area contributed by atoms with Gasteiger partial charge in [0, 0.05) is 30.6 Å². The van der Waals surface area contributed by atoms with Gasteiger partial charge in [0.15, 0.2) is 0 Å². The van der Waals surface area contributed by atoms with Gasteiger partial charge in [0.2, 0.25) is 0 Å². The largest absolute Gasteiger partial charge is 0.335 e. The van der Waals surface area contributed by atoms with Crippen LogP contribution in [0.2, 0.25) is 0 Å². The molecule has 2 saturated heterocycles. The van der Waals surface area contributed by atoms with E-state index in [9.17, 15) is 4.79 Å². The lowest BCUT2D eigenvalue weighted by Crippen LogP contribution is -2.63. The molecule has 1 aromatic heterocycles. The van der Waals surface area contributed by atoms with Crippen molar-refractivity contribution >= 4 is 17.2 Å². The molecule has 2 aliphatic rings. The summed E-state index contributed by atoms with van der Waals surface area (Å²) in [7, 11) is 0. The number of carbonyl (C=O) groups excluding carboxylic acids is 1. The second kappa shape index (κ2) is 5.02. The van der Waals surface area contributed by atoms with Gasteiger partial charge < -0.3 is 4.90 Å². The Morgan fingerprint density at radius 1 is 1.39 bits per heavy atom. The molecule has 2 aliphatic heterocycles. The van der Waals surface area contributed by atoms with E-state index in [1.54, 1.807) is 11.3 Å². The average molecular weight is 264 g/mol. The molecule has 98 valence electrons. The number of hydrogen-bond acceptors (Lipinski definition) is 3. The van der Waals surface area contributed by atoms with Gasteiger partial charge in [-0.25, -0.2) is 0 Å². The molecule has 3 nitrogen and oxygen atoms in total. The van der Waals surface area contributed by atoms with Crippen LogP contribution in [0.15, 0.2) is 16.8 Å². The van der Waals surface area contributed by atoms with Crippen LogP contribution >= 0.6 is 11.3 Å². The first-order valence-electron chi connectivity index (χ1n) is 6.83. The highest BCUT2D eigenvalue weighted by Gasteiger charge is 2.37. The highest BCUT2D eigenvalue weighted by Crippen LogP contribution is 2.25. The van der Waals surface area contributed by atoms with Crippen LogP contribution in [0.3, 0.4) is 0 Å². The summed E-state index contributed by atoms with van der Waals surface area (Å²) in [6.45, 7) is 5.37. The van der Waals surface area contributed by atoms with Crippen molar-refractivity contribution < 1.29 is 4.79 Å². The van der Waals surface area contributed by atoms with E-state index in [2.05, 4.69) is 11.8 Å². The Morgan fingerprint density at radius 3 is 2.89 bits per heavy atom. The van der Waals surface area contributed by atoms with Gasteiger partial charge in [-0.05, 0) is 37.8 Å². The van der Waals surface area contributed by atoms with Gasteiger partial charge >= 0.3 is 0 Å². The number of carbonyl (C=O) groups is 1. The van der Waals surface area contributed by atoms with Crippen LogP contribution < -0.4 is 0 Å². The topological polar surface area (TPSA) is 23.6 Å². The maximum absolute atomic E-state index is 12.1. The summed E-state index contributed by atoms with van der Waals surface area (Å²) in [6.07, 6.45) is 4.00. The molecule has 0 saturated carbocycles. The molecule has 0 N–H and O–H groups in total. The van der Waals surface area contributed by atoms with E-state index < -0.39 is 0 Å². The number of hydrogen-bond donors (Lipinski definition) is 0. The minimum Gasteiger partial charge on any atom is -0.335 e. The van der Waals surface area contributed by atoms with Crippen molar-refractivity contribution in [3.8, 4) is 0 Å². The normalized spacial score (nSPS) is 26.1. The van der Waals surface area contributed by atoms with E-state index >= 15 is 0 Å². The van der Waals surface area contributed by atoms with Crippen molar-refractivity contribution in [1.29, 1.82) is 0 Å². The van der Waals surface area contributed by atoms with Crippen molar-refractivity contribution in [3.63, 3.8) is 0 Å². The molecule has 1 atom stereocenters. The summed E-state index contributed by atoms with van der Waals surface area (Å²) in [5, 5.41) is 3.91. The smallest absolute Gasteiger partial charge is 0.254 e. The minimum atomic E-state index is 0.206. The Kier molecular flexibility index (Phi) is 3.39. The number of thiophene rings is 1. The van der Waals surface area contributed by atoms with E-state index in [1.165, 1.54) is 25.8 Å². The van der Waals surface area contributed by atoms with Gasteiger partial charge in [0.05, 0.1) is 5.56 Å². The van der Waals surface area contributed by atoms with Crippen molar-refractivity contribution in [2.24, 2.45) is 0 Å². The Hall–Kier alpha value is -0.870. The predicted molar refractivity (Wildman–Crippen MR) is 74.0 cm³/mol. The van der Waals surface area contributed by atoms with Crippen LogP contribution in [-0.4, -0.2) is 47.4 Å². The zero-order valence-electron chi connectivity index (χ0n) is 10.8. The molecule has 0 bridgehead atoms. The standard InChI is InChI=1S/C14H20N2OS/c1-11-4-2-3-6-16(11)13-8-15(9-13)14(17)12-5-7-18-10-12/h5,7,10-11,13H,2-4,6,8-9H2,1H3/t11-/m0/s1. The first-order chi connectivity index (χ1) is 8.75. The van der Waals surface area contributed by atoms with Gasteiger partial charge in [-0.2, -0.15) is 11.3 Å². The molecule has 0 radical (unpaired) electrons. The lowest BCUT2D eigenvalue weighted by molar-refractivity contribution is 0.00216. The Morgan fingerprint density at radius 2 is 2.22 bits per heavy atom. The molecule has 0 aliphatic carbocycles. The molecule has 3 rings (SSSR count). The molecule has 1 amide bonds. The maximum Gasteiger partial charge on any atom is 0.254 e. The summed E-state index contributed by atoms with van der Waals surface area (Å²) in [6, 6.07) is 3.22. The second-order valence-corrected chi connectivity index (χ2v) is 6.24. The Balaban J connectivity index is 1.55. The molecular formula is C14H20N2OS. The average Bonchev–Trinajstić information content (AvgIpc) is 2.83. The van der Waals surface area contributed by atoms with Crippen molar-refractivity contribution in [2.45, 2.75) is 38.3 Å². The van der Waals surface area contributed by atoms with Gasteiger partial charge in [0.25, 0.3) is 5.91 Å². The summed E-state index contributed by atoms with van der Waals surface area (Å²) < 4.78 is 0. The van der Waals surface area contributed by atoms with E-state index in [-0.39, 0.29) is 5.91 Å². The van der Waals surface area contributed by atoms with Gasteiger partial charge in [0.1, 0.15) is 0 Å². The SMILES string of the molecule is C[C@H]1CCCCN1C1CN(C(=O)c2ccsc2)C1. The molecule has 3 heterocycles. The van der Waals surface area contributed by atoms with E-state index in [1.807, 2.05) is 21.7 Å². The third-order valence-electron chi connectivity index (χ3n) is 4.24. The van der Waals surface area contributed by atoms with Gasteiger partial charge in [-0.15, -0.1) is 0 Å². The zero-order valence-corrected chi connectivity index (χ0v) is 11.7. The number of piperidine rings is 1. The molecule has 0 aromatic carbocycles. The number of likely N-dealkylation sites (tertiary alicyclic amines) is 2. The van der Waals surface area contributed by atoms with Crippen molar-refractivity contribution in [1.82, 2.24) is 9.80 Å². The summed E-state index contributed by atoms with van der Waals surface area (Å²) >= 11 is 1.59. The monoisotopic (exact) mass is 264 g/mol. The predicted octanol–water partition coefficient (Wildman–Crippen LogP) is 2.45. The van der Waals surface area contributed by atoms with Crippen molar-refractivity contribution in [2.75, 3.05) is 19.6 Å². The Bertz CT molecular complexity index is 411. The number of rotatable bonds is 2. The minimum absolute atomic E-state index is 0.206. The molecule has 4 heteroatoms. The van der Waals surface area contributed by atoms with Gasteiger partial charge in [-0.3, -0.25) is 9.69 Å². The van der Waals surface area contributed by atoms with E-state index in [4.69, 9.17) is 0 Å². The van der Waals surface area contributed by atoms with Crippen LogP contribution in [0, 0.1) is 0 Å². The molecule has 2 fully saturated rings. The third-order valence-corrected chi connectivity index (χ3v) is 4.92. The van der Waals surface area contributed by atoms with Crippen LogP contribution in [0.5, 0.6) is 0 Å².